The zero-order valence-corrected chi connectivity index (χ0v) is 38.5. The third-order valence-corrected chi connectivity index (χ3v) is 11.9. The van der Waals surface area contributed by atoms with Gasteiger partial charge in [-0.05, 0) is 38.5 Å². The van der Waals surface area contributed by atoms with Crippen LogP contribution in [0.2, 0.25) is 0 Å². The second-order valence-electron chi connectivity index (χ2n) is 17.6. The first kappa shape index (κ1) is 57.1. The van der Waals surface area contributed by atoms with E-state index in [9.17, 15) is 35.4 Å². The molecule has 0 aromatic heterocycles. The number of aliphatic hydroxyl groups is 6. The van der Waals surface area contributed by atoms with Crippen LogP contribution in [0.3, 0.4) is 0 Å². The van der Waals surface area contributed by atoms with Gasteiger partial charge in [0, 0.05) is 32.8 Å². The smallest absolute Gasteiger partial charge is 0.220 e. The maximum atomic E-state index is 13.0. The van der Waals surface area contributed by atoms with Crippen LogP contribution in [-0.2, 0) is 23.7 Å². The average molecular weight is 862 g/mol. The van der Waals surface area contributed by atoms with E-state index in [2.05, 4.69) is 19.2 Å². The van der Waals surface area contributed by atoms with Crippen LogP contribution >= 0.6 is 0 Å². The van der Waals surface area contributed by atoms with Gasteiger partial charge in [0.1, 0.15) is 30.5 Å². The van der Waals surface area contributed by atoms with Crippen molar-refractivity contribution in [3.8, 4) is 0 Å². The molecule has 1 heterocycles. The van der Waals surface area contributed by atoms with Crippen LogP contribution in [0.1, 0.15) is 213 Å². The Morgan fingerprint density at radius 3 is 1.47 bits per heavy atom. The maximum absolute atomic E-state index is 13.0. The lowest BCUT2D eigenvalue weighted by atomic mass is 9.98. The summed E-state index contributed by atoms with van der Waals surface area (Å²) in [5, 5.41) is 65.2. The topological polar surface area (TPSA) is 187 Å². The van der Waals surface area contributed by atoms with E-state index in [-0.39, 0.29) is 18.9 Å². The van der Waals surface area contributed by atoms with Crippen LogP contribution in [0.4, 0.5) is 0 Å². The number of carbonyl (C=O) groups excluding carboxylic acids is 1. The predicted molar refractivity (Wildman–Crippen MR) is 240 cm³/mol. The minimum atomic E-state index is -1.61. The zero-order chi connectivity index (χ0) is 43.9. The molecule has 0 aliphatic carbocycles. The number of rotatable bonds is 44. The van der Waals surface area contributed by atoms with Gasteiger partial charge in [0.05, 0.1) is 25.4 Å². The fourth-order valence-corrected chi connectivity index (χ4v) is 7.91. The molecule has 1 aliphatic rings. The Balaban J connectivity index is 2.26. The van der Waals surface area contributed by atoms with Gasteiger partial charge >= 0.3 is 0 Å². The molecule has 0 unspecified atom stereocenters. The van der Waals surface area contributed by atoms with Crippen molar-refractivity contribution in [1.29, 1.82) is 0 Å². The molecule has 0 radical (unpaired) electrons. The number of nitrogens with one attached hydrogen (secondary N) is 1. The summed E-state index contributed by atoms with van der Waals surface area (Å²) in [6.07, 6.45) is 25.0. The lowest BCUT2D eigenvalue weighted by Gasteiger charge is -2.40. The molecule has 1 rings (SSSR count). The second-order valence-corrected chi connectivity index (χ2v) is 17.6. The summed E-state index contributed by atoms with van der Waals surface area (Å²) in [6, 6.07) is -0.993. The Labute approximate surface area is 366 Å². The standard InChI is InChI=1S/C48H95NO11/c1-3-5-6-7-8-9-10-15-18-21-24-27-32-41(51)44(53)40(39-59-48-47(56)46(55)45(54)42(38-50)60-48)49-43(52)33-28-25-22-19-16-13-11-12-14-17-20-23-26-29-35-58-37-31-30-36-57-34-4-2/h40-42,44-48,50-51,53-56H,3-39H2,1-2H3,(H,49,52)/t40-,41+,42+,44-,45-,46-,47+,48-/m0/s1. The summed E-state index contributed by atoms with van der Waals surface area (Å²) in [5.41, 5.74) is 0. The molecule has 0 spiro atoms. The number of amides is 1. The van der Waals surface area contributed by atoms with Gasteiger partial charge < -0.3 is 54.9 Å². The fraction of sp³-hybridized carbons (Fsp3) is 0.979. The molecular formula is C48H95NO11. The van der Waals surface area contributed by atoms with Crippen LogP contribution in [0.15, 0.2) is 0 Å². The number of hydrogen-bond donors (Lipinski definition) is 7. The Kier molecular flexibility index (Phi) is 38.8. The first-order valence-corrected chi connectivity index (χ1v) is 25.0. The van der Waals surface area contributed by atoms with E-state index in [1.807, 2.05) is 0 Å². The van der Waals surface area contributed by atoms with Gasteiger partial charge in [-0.3, -0.25) is 4.79 Å². The first-order chi connectivity index (χ1) is 29.3. The average Bonchev–Trinajstić information content (AvgIpc) is 3.25. The normalized spacial score (nSPS) is 21.0. The molecule has 358 valence electrons. The molecule has 1 amide bonds. The van der Waals surface area contributed by atoms with Crippen molar-refractivity contribution in [2.45, 2.75) is 262 Å². The van der Waals surface area contributed by atoms with Crippen molar-refractivity contribution in [2.75, 3.05) is 39.6 Å². The van der Waals surface area contributed by atoms with Crippen LogP contribution in [0.5, 0.6) is 0 Å². The van der Waals surface area contributed by atoms with Gasteiger partial charge in [-0.15, -0.1) is 0 Å². The van der Waals surface area contributed by atoms with Crippen LogP contribution in [0.25, 0.3) is 0 Å². The number of ether oxygens (including phenoxy) is 4. The monoisotopic (exact) mass is 862 g/mol. The first-order valence-electron chi connectivity index (χ1n) is 25.0. The van der Waals surface area contributed by atoms with E-state index in [1.54, 1.807) is 0 Å². The third-order valence-electron chi connectivity index (χ3n) is 11.9. The van der Waals surface area contributed by atoms with Crippen LogP contribution < -0.4 is 5.32 Å². The lowest BCUT2D eigenvalue weighted by molar-refractivity contribution is -0.303. The summed E-state index contributed by atoms with van der Waals surface area (Å²) >= 11 is 0. The van der Waals surface area contributed by atoms with E-state index in [1.165, 1.54) is 109 Å². The molecule has 1 aliphatic heterocycles. The molecule has 1 saturated heterocycles. The van der Waals surface area contributed by atoms with Gasteiger partial charge in [0.25, 0.3) is 0 Å². The van der Waals surface area contributed by atoms with E-state index in [0.29, 0.717) is 12.8 Å². The molecule has 0 bridgehead atoms. The van der Waals surface area contributed by atoms with Crippen molar-refractivity contribution in [2.24, 2.45) is 0 Å². The van der Waals surface area contributed by atoms with Crippen molar-refractivity contribution in [3.05, 3.63) is 0 Å². The Bertz CT molecular complexity index is 931. The van der Waals surface area contributed by atoms with E-state index >= 15 is 0 Å². The second kappa shape index (κ2) is 40.8. The highest BCUT2D eigenvalue weighted by atomic mass is 16.7. The Hall–Kier alpha value is -0.930. The van der Waals surface area contributed by atoms with Crippen molar-refractivity contribution in [3.63, 3.8) is 0 Å². The van der Waals surface area contributed by atoms with Crippen LogP contribution in [-0.4, -0.2) is 125 Å². The molecule has 12 nitrogen and oxygen atoms in total. The van der Waals surface area contributed by atoms with Crippen molar-refractivity contribution < 1.29 is 54.4 Å². The van der Waals surface area contributed by atoms with Crippen molar-refractivity contribution in [1.82, 2.24) is 5.32 Å². The molecule has 12 heteroatoms. The third kappa shape index (κ3) is 30.2. The SMILES string of the molecule is CCCCCCCCCCCCCC[C@@H](O)[C@@H](O)[C@H](CO[C@H]1O[C@H](CO)[C@H](O)[C@H](O)[C@H]1O)NC(=O)CCCCCCCCCCCCCCCCOCCCCOCCC. The van der Waals surface area contributed by atoms with Gasteiger partial charge in [-0.25, -0.2) is 0 Å². The Morgan fingerprint density at radius 1 is 0.550 bits per heavy atom. The quantitative estimate of drug-likeness (QED) is 0.0293. The minimum Gasteiger partial charge on any atom is -0.394 e. The highest BCUT2D eigenvalue weighted by molar-refractivity contribution is 5.76. The predicted octanol–water partition coefficient (Wildman–Crippen LogP) is 8.18. The van der Waals surface area contributed by atoms with Gasteiger partial charge in [-0.2, -0.15) is 0 Å². The summed E-state index contributed by atoms with van der Waals surface area (Å²) in [4.78, 5) is 13.0. The van der Waals surface area contributed by atoms with E-state index in [4.69, 9.17) is 18.9 Å². The van der Waals surface area contributed by atoms with E-state index in [0.717, 1.165) is 97.1 Å². The summed E-state index contributed by atoms with van der Waals surface area (Å²) in [7, 11) is 0. The Morgan fingerprint density at radius 2 is 0.983 bits per heavy atom. The minimum absolute atomic E-state index is 0.262. The lowest BCUT2D eigenvalue weighted by Crippen LogP contribution is -2.60. The van der Waals surface area contributed by atoms with E-state index < -0.39 is 55.6 Å². The summed E-state index contributed by atoms with van der Waals surface area (Å²) in [5.74, 6) is -0.262. The number of hydrogen-bond acceptors (Lipinski definition) is 11. The van der Waals surface area contributed by atoms with Crippen molar-refractivity contribution >= 4 is 5.91 Å². The number of aliphatic hydroxyl groups excluding tert-OH is 6. The molecular weight excluding hydrogens is 767 g/mol. The molecule has 7 N–H and O–H groups in total. The molecule has 0 saturated carbocycles. The highest BCUT2D eigenvalue weighted by Crippen LogP contribution is 2.23. The summed E-state index contributed by atoms with van der Waals surface area (Å²) < 4.78 is 22.4. The molecule has 1 fully saturated rings. The van der Waals surface area contributed by atoms with Gasteiger partial charge in [-0.1, -0.05) is 168 Å². The molecule has 8 atom stereocenters. The molecule has 0 aromatic rings. The number of unbranched alkanes of at least 4 members (excludes halogenated alkanes) is 25. The largest absolute Gasteiger partial charge is 0.394 e. The molecule has 60 heavy (non-hydrogen) atoms. The van der Waals surface area contributed by atoms with Gasteiger partial charge in [0.15, 0.2) is 6.29 Å². The highest BCUT2D eigenvalue weighted by Gasteiger charge is 2.44. The van der Waals surface area contributed by atoms with Gasteiger partial charge in [0.2, 0.25) is 5.91 Å². The zero-order valence-electron chi connectivity index (χ0n) is 38.5. The summed E-state index contributed by atoms with van der Waals surface area (Å²) in [6.45, 7) is 6.90. The molecule has 0 aromatic carbocycles. The fourth-order valence-electron chi connectivity index (χ4n) is 7.91. The maximum Gasteiger partial charge on any atom is 0.220 e. The van der Waals surface area contributed by atoms with Crippen LogP contribution in [0, 0.1) is 0 Å². The number of carbonyl (C=O) groups is 1.